The molecular formula is C14H12Cl2FN. The first kappa shape index (κ1) is 12.2. The molecule has 1 aromatic carbocycles. The van der Waals surface area contributed by atoms with Crippen LogP contribution in [-0.2, 0) is 0 Å². The third-order valence-electron chi connectivity index (χ3n) is 3.61. The van der Waals surface area contributed by atoms with Gasteiger partial charge in [0, 0.05) is 17.0 Å². The van der Waals surface area contributed by atoms with Gasteiger partial charge in [0.25, 0.3) is 0 Å². The van der Waals surface area contributed by atoms with Crippen LogP contribution in [-0.4, -0.2) is 4.98 Å². The summed E-state index contributed by atoms with van der Waals surface area (Å²) in [5.41, 5.74) is 1.18. The highest BCUT2D eigenvalue weighted by molar-refractivity contribution is 6.42. The summed E-state index contributed by atoms with van der Waals surface area (Å²) in [6.07, 6.45) is 4.63. The molecule has 0 bridgehead atoms. The van der Waals surface area contributed by atoms with E-state index in [-0.39, 0.29) is 11.3 Å². The van der Waals surface area contributed by atoms with E-state index in [9.17, 15) is 4.39 Å². The van der Waals surface area contributed by atoms with Crippen molar-refractivity contribution in [3.8, 4) is 0 Å². The Morgan fingerprint density at radius 2 is 1.83 bits per heavy atom. The molecule has 1 aromatic heterocycles. The number of rotatable bonds is 1. The molecule has 1 aliphatic rings. The lowest BCUT2D eigenvalue weighted by Crippen LogP contribution is -1.98. The number of fused-ring (bicyclic) bond motifs is 1. The predicted molar refractivity (Wildman–Crippen MR) is 72.9 cm³/mol. The van der Waals surface area contributed by atoms with Crippen LogP contribution in [0.15, 0.2) is 18.2 Å². The number of pyridine rings is 1. The summed E-state index contributed by atoms with van der Waals surface area (Å²) in [6.45, 7) is 0. The average Bonchev–Trinajstić information content (AvgIpc) is 2.87. The third-order valence-corrected chi connectivity index (χ3v) is 4.22. The maximum Gasteiger partial charge on any atom is 0.149 e. The zero-order valence-corrected chi connectivity index (χ0v) is 11.2. The fourth-order valence-corrected chi connectivity index (χ4v) is 3.28. The predicted octanol–water partition coefficient (Wildman–Crippen LogP) is 5.34. The van der Waals surface area contributed by atoms with E-state index in [1.54, 1.807) is 0 Å². The van der Waals surface area contributed by atoms with Crippen molar-refractivity contribution in [3.05, 3.63) is 39.8 Å². The summed E-state index contributed by atoms with van der Waals surface area (Å²) < 4.78 is 13.8. The molecule has 0 spiro atoms. The Labute approximate surface area is 115 Å². The molecule has 94 valence electrons. The Balaban J connectivity index is 2.23. The highest BCUT2D eigenvalue weighted by Crippen LogP contribution is 2.38. The minimum atomic E-state index is -0.365. The van der Waals surface area contributed by atoms with Crippen LogP contribution in [0.3, 0.4) is 0 Å². The van der Waals surface area contributed by atoms with Gasteiger partial charge in [0.1, 0.15) is 11.3 Å². The summed E-state index contributed by atoms with van der Waals surface area (Å²) in [5, 5.41) is 1.45. The first-order valence-electron chi connectivity index (χ1n) is 6.11. The van der Waals surface area contributed by atoms with Crippen molar-refractivity contribution >= 4 is 34.1 Å². The SMILES string of the molecule is Fc1ccc(Cl)c2c(Cl)cc(C3CCCC3)nc12. The van der Waals surface area contributed by atoms with Crippen LogP contribution in [0.4, 0.5) is 4.39 Å². The van der Waals surface area contributed by atoms with Crippen molar-refractivity contribution in [3.63, 3.8) is 0 Å². The molecule has 1 fully saturated rings. The van der Waals surface area contributed by atoms with Crippen molar-refractivity contribution in [2.45, 2.75) is 31.6 Å². The molecule has 0 saturated heterocycles. The van der Waals surface area contributed by atoms with E-state index < -0.39 is 0 Å². The second kappa shape index (κ2) is 4.67. The Morgan fingerprint density at radius 3 is 2.56 bits per heavy atom. The maximum absolute atomic E-state index is 13.8. The number of halogens is 3. The summed E-state index contributed by atoms with van der Waals surface area (Å²) >= 11 is 12.3. The first-order chi connectivity index (χ1) is 8.66. The van der Waals surface area contributed by atoms with E-state index in [1.165, 1.54) is 25.0 Å². The van der Waals surface area contributed by atoms with Crippen molar-refractivity contribution in [1.82, 2.24) is 4.98 Å². The van der Waals surface area contributed by atoms with Crippen molar-refractivity contribution in [1.29, 1.82) is 0 Å². The van der Waals surface area contributed by atoms with Gasteiger partial charge in [-0.15, -0.1) is 0 Å². The largest absolute Gasteiger partial charge is 0.249 e. The molecular weight excluding hydrogens is 272 g/mol. The topological polar surface area (TPSA) is 12.9 Å². The van der Waals surface area contributed by atoms with E-state index in [0.29, 0.717) is 21.3 Å². The van der Waals surface area contributed by atoms with Crippen LogP contribution in [0.2, 0.25) is 10.0 Å². The highest BCUT2D eigenvalue weighted by atomic mass is 35.5. The molecule has 0 aliphatic heterocycles. The molecule has 0 radical (unpaired) electrons. The number of hydrogen-bond acceptors (Lipinski definition) is 1. The molecule has 1 saturated carbocycles. The average molecular weight is 284 g/mol. The Hall–Kier alpha value is -0.860. The van der Waals surface area contributed by atoms with Crippen molar-refractivity contribution in [2.75, 3.05) is 0 Å². The standard InChI is InChI=1S/C14H12Cl2FN/c15-9-5-6-11(17)14-13(9)10(16)7-12(18-14)8-3-1-2-4-8/h5-8H,1-4H2. The van der Waals surface area contributed by atoms with Gasteiger partial charge in [-0.05, 0) is 31.0 Å². The van der Waals surface area contributed by atoms with E-state index in [2.05, 4.69) is 4.98 Å². The second-order valence-electron chi connectivity index (χ2n) is 4.76. The lowest BCUT2D eigenvalue weighted by molar-refractivity contribution is 0.633. The van der Waals surface area contributed by atoms with E-state index in [0.717, 1.165) is 18.5 Å². The molecule has 0 unspecified atom stereocenters. The highest BCUT2D eigenvalue weighted by Gasteiger charge is 2.21. The van der Waals surface area contributed by atoms with E-state index in [4.69, 9.17) is 23.2 Å². The molecule has 1 aliphatic carbocycles. The fourth-order valence-electron chi connectivity index (χ4n) is 2.67. The monoisotopic (exact) mass is 283 g/mol. The molecule has 18 heavy (non-hydrogen) atoms. The third kappa shape index (κ3) is 1.98. The van der Waals surface area contributed by atoms with Crippen LogP contribution in [0.25, 0.3) is 10.9 Å². The number of aromatic nitrogens is 1. The van der Waals surface area contributed by atoms with Gasteiger partial charge in [-0.1, -0.05) is 36.0 Å². The Morgan fingerprint density at radius 1 is 1.11 bits per heavy atom. The zero-order valence-electron chi connectivity index (χ0n) is 9.72. The molecule has 3 rings (SSSR count). The lowest BCUT2D eigenvalue weighted by Gasteiger charge is -2.12. The summed E-state index contributed by atoms with van der Waals surface area (Å²) in [6, 6.07) is 4.69. The van der Waals surface area contributed by atoms with Gasteiger partial charge >= 0.3 is 0 Å². The maximum atomic E-state index is 13.8. The molecule has 1 heterocycles. The van der Waals surface area contributed by atoms with Gasteiger partial charge < -0.3 is 0 Å². The molecule has 4 heteroatoms. The lowest BCUT2D eigenvalue weighted by atomic mass is 10.0. The van der Waals surface area contributed by atoms with Crippen molar-refractivity contribution < 1.29 is 4.39 Å². The number of nitrogens with zero attached hydrogens (tertiary/aromatic N) is 1. The van der Waals surface area contributed by atoms with Gasteiger partial charge in [-0.2, -0.15) is 0 Å². The van der Waals surface area contributed by atoms with Gasteiger partial charge in [-0.25, -0.2) is 9.37 Å². The molecule has 1 nitrogen and oxygen atoms in total. The van der Waals surface area contributed by atoms with Gasteiger partial charge in [-0.3, -0.25) is 0 Å². The zero-order chi connectivity index (χ0) is 12.7. The Bertz CT molecular complexity index is 606. The summed E-state index contributed by atoms with van der Waals surface area (Å²) in [5.74, 6) is 0.0430. The van der Waals surface area contributed by atoms with Crippen molar-refractivity contribution in [2.24, 2.45) is 0 Å². The second-order valence-corrected chi connectivity index (χ2v) is 5.58. The van der Waals surface area contributed by atoms with Gasteiger partial charge in [0.2, 0.25) is 0 Å². The normalized spacial score (nSPS) is 16.6. The van der Waals surface area contributed by atoms with E-state index >= 15 is 0 Å². The number of hydrogen-bond donors (Lipinski definition) is 0. The molecule has 0 N–H and O–H groups in total. The smallest absolute Gasteiger partial charge is 0.149 e. The van der Waals surface area contributed by atoms with Gasteiger partial charge in [0.05, 0.1) is 10.0 Å². The van der Waals surface area contributed by atoms with Crippen LogP contribution in [0.1, 0.15) is 37.3 Å². The first-order valence-corrected chi connectivity index (χ1v) is 6.86. The van der Waals surface area contributed by atoms with Crippen LogP contribution in [0, 0.1) is 5.82 Å². The Kier molecular flexibility index (Phi) is 3.16. The summed E-state index contributed by atoms with van der Waals surface area (Å²) in [4.78, 5) is 4.43. The quantitative estimate of drug-likeness (QED) is 0.689. The van der Waals surface area contributed by atoms with Gasteiger partial charge in [0.15, 0.2) is 0 Å². The molecule has 0 amide bonds. The minimum absolute atomic E-state index is 0.289. The summed E-state index contributed by atoms with van der Waals surface area (Å²) in [7, 11) is 0. The van der Waals surface area contributed by atoms with Crippen LogP contribution >= 0.6 is 23.2 Å². The van der Waals surface area contributed by atoms with Crippen LogP contribution < -0.4 is 0 Å². The van der Waals surface area contributed by atoms with Crippen LogP contribution in [0.5, 0.6) is 0 Å². The fraction of sp³-hybridized carbons (Fsp3) is 0.357. The minimum Gasteiger partial charge on any atom is -0.249 e. The number of benzene rings is 1. The van der Waals surface area contributed by atoms with E-state index in [1.807, 2.05) is 6.07 Å². The molecule has 0 atom stereocenters. The molecule has 2 aromatic rings.